The number of rotatable bonds is 9. The van der Waals surface area contributed by atoms with Gasteiger partial charge in [-0.3, -0.25) is 14.4 Å². The number of hydrogen-bond acceptors (Lipinski definition) is 7. The first-order valence-electron chi connectivity index (χ1n) is 12.7. The summed E-state index contributed by atoms with van der Waals surface area (Å²) in [6.07, 6.45) is 3.24. The van der Waals surface area contributed by atoms with E-state index in [4.69, 9.17) is 9.15 Å². The minimum absolute atomic E-state index is 0.157. The largest absolute Gasteiger partial charge is 0.459 e. The number of piperazine rings is 1. The second-order valence-corrected chi connectivity index (χ2v) is 8.93. The Morgan fingerprint density at radius 2 is 1.86 bits per heavy atom. The van der Waals surface area contributed by atoms with E-state index in [0.29, 0.717) is 70.0 Å². The average molecular weight is 512 g/mol. The number of furan rings is 1. The highest BCUT2D eigenvalue weighted by atomic mass is 16.6. The Labute approximate surface area is 215 Å². The highest BCUT2D eigenvalue weighted by Crippen LogP contribution is 2.29. The molecule has 11 heteroatoms. The molecule has 2 aliphatic heterocycles. The normalized spacial score (nSPS) is 15.6. The van der Waals surface area contributed by atoms with Gasteiger partial charge in [0.25, 0.3) is 11.8 Å². The van der Waals surface area contributed by atoms with Crippen molar-refractivity contribution in [3.8, 4) is 0 Å². The zero-order chi connectivity index (χ0) is 26.2. The quantitative estimate of drug-likeness (QED) is 0.496. The molecule has 2 N–H and O–H groups in total. The number of hydrogen-bond donors (Lipinski definition) is 2. The Kier molecular flexibility index (Phi) is 8.65. The molecule has 198 valence electrons. The third kappa shape index (κ3) is 6.60. The molecule has 2 saturated heterocycles. The monoisotopic (exact) mass is 511 g/mol. The summed E-state index contributed by atoms with van der Waals surface area (Å²) in [6.45, 7) is 5.98. The maximum absolute atomic E-state index is 12.8. The van der Waals surface area contributed by atoms with Crippen LogP contribution < -0.4 is 15.5 Å². The maximum Gasteiger partial charge on any atom is 0.409 e. The SMILES string of the molecule is CCOC(=O)N1CCN(c2ccc(C(=O)NCCCN3CCCC3=O)cc2NC(=O)c2ccco2)CC1. The standard InChI is InChI=1S/C26H33N5O6/c1-2-36-26(35)31-15-13-29(14-16-31)21-9-8-19(18-20(21)28-25(34)22-6-4-17-37-22)24(33)27-10-5-12-30-11-3-7-23(30)32/h4,6,8-9,17-18H,2-3,5,7,10-16H2,1H3,(H,27,33)(H,28,34). The maximum atomic E-state index is 12.8. The summed E-state index contributed by atoms with van der Waals surface area (Å²) in [5.41, 5.74) is 1.62. The van der Waals surface area contributed by atoms with Crippen molar-refractivity contribution in [2.75, 3.05) is 62.6 Å². The molecule has 0 unspecified atom stereocenters. The van der Waals surface area contributed by atoms with E-state index >= 15 is 0 Å². The number of carbonyl (C=O) groups excluding carboxylic acids is 4. The highest BCUT2D eigenvalue weighted by molar-refractivity contribution is 6.05. The lowest BCUT2D eigenvalue weighted by Crippen LogP contribution is -2.49. The van der Waals surface area contributed by atoms with Crippen molar-refractivity contribution < 1.29 is 28.3 Å². The lowest BCUT2D eigenvalue weighted by molar-refractivity contribution is -0.127. The first-order valence-corrected chi connectivity index (χ1v) is 12.7. The van der Waals surface area contributed by atoms with Gasteiger partial charge in [0.2, 0.25) is 5.91 Å². The van der Waals surface area contributed by atoms with Crippen LogP contribution in [-0.2, 0) is 9.53 Å². The summed E-state index contributed by atoms with van der Waals surface area (Å²) < 4.78 is 10.3. The van der Waals surface area contributed by atoms with Gasteiger partial charge in [0.15, 0.2) is 5.76 Å². The zero-order valence-electron chi connectivity index (χ0n) is 21.0. The van der Waals surface area contributed by atoms with E-state index in [2.05, 4.69) is 15.5 Å². The highest BCUT2D eigenvalue weighted by Gasteiger charge is 2.25. The molecule has 0 bridgehead atoms. The van der Waals surface area contributed by atoms with E-state index in [0.717, 1.165) is 18.7 Å². The fourth-order valence-electron chi connectivity index (χ4n) is 4.50. The van der Waals surface area contributed by atoms with E-state index in [9.17, 15) is 19.2 Å². The van der Waals surface area contributed by atoms with Crippen LogP contribution in [0.4, 0.5) is 16.2 Å². The molecule has 11 nitrogen and oxygen atoms in total. The predicted molar refractivity (Wildman–Crippen MR) is 137 cm³/mol. The molecule has 1 aromatic carbocycles. The van der Waals surface area contributed by atoms with Gasteiger partial charge in [0.1, 0.15) is 0 Å². The first-order chi connectivity index (χ1) is 18.0. The van der Waals surface area contributed by atoms with Crippen molar-refractivity contribution in [2.24, 2.45) is 0 Å². The van der Waals surface area contributed by atoms with Gasteiger partial charge in [0, 0.05) is 57.8 Å². The average Bonchev–Trinajstić information content (AvgIpc) is 3.59. The Bertz CT molecular complexity index is 1110. The molecule has 2 aromatic rings. The molecule has 0 aliphatic carbocycles. The van der Waals surface area contributed by atoms with Gasteiger partial charge in [-0.15, -0.1) is 0 Å². The fourth-order valence-corrected chi connectivity index (χ4v) is 4.50. The van der Waals surface area contributed by atoms with E-state index in [-0.39, 0.29) is 23.7 Å². The summed E-state index contributed by atoms with van der Waals surface area (Å²) in [7, 11) is 0. The van der Waals surface area contributed by atoms with Crippen molar-refractivity contribution in [3.63, 3.8) is 0 Å². The zero-order valence-corrected chi connectivity index (χ0v) is 21.0. The number of carbonyl (C=O) groups is 4. The summed E-state index contributed by atoms with van der Waals surface area (Å²) in [6, 6.07) is 8.36. The van der Waals surface area contributed by atoms with Crippen LogP contribution in [0.1, 0.15) is 47.1 Å². The second kappa shape index (κ2) is 12.3. The molecular weight excluding hydrogens is 478 g/mol. The topological polar surface area (TPSA) is 124 Å². The van der Waals surface area contributed by atoms with Crippen LogP contribution in [0, 0.1) is 0 Å². The molecule has 2 fully saturated rings. The third-order valence-corrected chi connectivity index (χ3v) is 6.46. The Hall–Kier alpha value is -4.02. The van der Waals surface area contributed by atoms with Crippen LogP contribution >= 0.6 is 0 Å². The van der Waals surface area contributed by atoms with Gasteiger partial charge in [0.05, 0.1) is 24.2 Å². The first kappa shape index (κ1) is 26.1. The van der Waals surface area contributed by atoms with E-state index < -0.39 is 5.91 Å². The summed E-state index contributed by atoms with van der Waals surface area (Å²) in [5.74, 6) is -0.365. The van der Waals surface area contributed by atoms with Crippen LogP contribution in [-0.4, -0.2) is 86.0 Å². The van der Waals surface area contributed by atoms with Crippen molar-refractivity contribution in [1.29, 1.82) is 0 Å². The number of likely N-dealkylation sites (tertiary alicyclic amines) is 1. The van der Waals surface area contributed by atoms with Crippen LogP contribution in [0.3, 0.4) is 0 Å². The van der Waals surface area contributed by atoms with Gasteiger partial charge in [-0.2, -0.15) is 0 Å². The van der Waals surface area contributed by atoms with Crippen molar-refractivity contribution in [3.05, 3.63) is 47.9 Å². The van der Waals surface area contributed by atoms with Crippen LogP contribution in [0.5, 0.6) is 0 Å². The molecule has 4 amide bonds. The van der Waals surface area contributed by atoms with Crippen molar-refractivity contribution in [1.82, 2.24) is 15.1 Å². The molecule has 0 atom stereocenters. The molecule has 4 rings (SSSR count). The molecule has 0 spiro atoms. The van der Waals surface area contributed by atoms with Gasteiger partial charge in [-0.05, 0) is 50.1 Å². The number of amides is 4. The number of benzene rings is 1. The predicted octanol–water partition coefficient (Wildman–Crippen LogP) is 2.55. The van der Waals surface area contributed by atoms with E-state index in [1.54, 1.807) is 42.2 Å². The smallest absolute Gasteiger partial charge is 0.409 e. The number of anilines is 2. The molecule has 2 aliphatic rings. The lowest BCUT2D eigenvalue weighted by atomic mass is 10.1. The minimum Gasteiger partial charge on any atom is -0.459 e. The Balaban J connectivity index is 1.43. The van der Waals surface area contributed by atoms with Crippen LogP contribution in [0.2, 0.25) is 0 Å². The van der Waals surface area contributed by atoms with E-state index in [1.807, 2.05) is 4.90 Å². The van der Waals surface area contributed by atoms with Gasteiger partial charge >= 0.3 is 6.09 Å². The number of nitrogens with zero attached hydrogens (tertiary/aromatic N) is 3. The molecule has 1 aromatic heterocycles. The third-order valence-electron chi connectivity index (χ3n) is 6.46. The number of ether oxygens (including phenoxy) is 1. The van der Waals surface area contributed by atoms with Gasteiger partial charge < -0.3 is 34.5 Å². The minimum atomic E-state index is -0.427. The lowest BCUT2D eigenvalue weighted by Gasteiger charge is -2.36. The van der Waals surface area contributed by atoms with Gasteiger partial charge in [-0.1, -0.05) is 0 Å². The van der Waals surface area contributed by atoms with Gasteiger partial charge in [-0.25, -0.2) is 4.79 Å². The Morgan fingerprint density at radius 1 is 1.05 bits per heavy atom. The van der Waals surface area contributed by atoms with Crippen molar-refractivity contribution in [2.45, 2.75) is 26.2 Å². The van der Waals surface area contributed by atoms with Crippen LogP contribution in [0.15, 0.2) is 41.0 Å². The molecule has 3 heterocycles. The summed E-state index contributed by atoms with van der Waals surface area (Å²) in [4.78, 5) is 54.9. The summed E-state index contributed by atoms with van der Waals surface area (Å²) >= 11 is 0. The molecular formula is C26H33N5O6. The van der Waals surface area contributed by atoms with Crippen LogP contribution in [0.25, 0.3) is 0 Å². The van der Waals surface area contributed by atoms with Crippen molar-refractivity contribution >= 4 is 35.2 Å². The molecule has 0 saturated carbocycles. The molecule has 37 heavy (non-hydrogen) atoms. The number of nitrogens with one attached hydrogen (secondary N) is 2. The second-order valence-electron chi connectivity index (χ2n) is 8.93. The summed E-state index contributed by atoms with van der Waals surface area (Å²) in [5, 5.41) is 5.76. The Morgan fingerprint density at radius 3 is 2.54 bits per heavy atom. The molecule has 0 radical (unpaired) electrons. The fraction of sp³-hybridized carbons (Fsp3) is 0.462. The van der Waals surface area contributed by atoms with E-state index in [1.165, 1.54) is 6.26 Å².